The van der Waals surface area contributed by atoms with Crippen LogP contribution in [0.2, 0.25) is 0 Å². The van der Waals surface area contributed by atoms with Crippen molar-refractivity contribution in [1.82, 2.24) is 5.32 Å². The van der Waals surface area contributed by atoms with Gasteiger partial charge in [-0.2, -0.15) is 0 Å². The molecular weight excluding hydrogens is 301 g/mol. The quantitative estimate of drug-likeness (QED) is 0.505. The number of nitrogens with one attached hydrogen (secondary N) is 1. The molecule has 0 fully saturated rings. The number of halogens is 1. The Kier molecular flexibility index (Phi) is 5.68. The molecule has 0 heterocycles. The molecule has 0 aromatic heterocycles. The summed E-state index contributed by atoms with van der Waals surface area (Å²) in [5.74, 6) is 0.0310. The number of benzene rings is 1. The van der Waals surface area contributed by atoms with Gasteiger partial charge in [0.2, 0.25) is 0 Å². The Hall–Kier alpha value is -0.580. The molecule has 1 N–H and O–H groups in total. The molecule has 1 aromatic carbocycles. The second-order valence-electron chi connectivity index (χ2n) is 3.52. The molecule has 0 atom stereocenters. The third kappa shape index (κ3) is 4.64. The summed E-state index contributed by atoms with van der Waals surface area (Å²) in [5.41, 5.74) is 1.92. The van der Waals surface area contributed by atoms with Crippen molar-refractivity contribution in [2.75, 3.05) is 11.0 Å². The minimum atomic E-state index is 0.0310. The van der Waals surface area contributed by atoms with E-state index >= 15 is 0 Å². The lowest BCUT2D eigenvalue weighted by molar-refractivity contribution is 0.0953. The maximum Gasteiger partial charge on any atom is 0.251 e. The van der Waals surface area contributed by atoms with Crippen molar-refractivity contribution in [3.63, 3.8) is 0 Å². The average Bonchev–Trinajstić information content (AvgIpc) is 2.25. The topological polar surface area (TPSA) is 29.1 Å². The third-order valence-electron chi connectivity index (χ3n) is 2.16. The monoisotopic (exact) mass is 317 g/mol. The van der Waals surface area contributed by atoms with E-state index in [1.54, 1.807) is 0 Å². The minimum absolute atomic E-state index is 0.0310. The molecule has 0 saturated carbocycles. The molecular formula is C12H16INO. The van der Waals surface area contributed by atoms with E-state index < -0.39 is 0 Å². The Morgan fingerprint density at radius 2 is 1.93 bits per heavy atom. The van der Waals surface area contributed by atoms with Crippen molar-refractivity contribution < 1.29 is 4.79 Å². The van der Waals surface area contributed by atoms with E-state index in [1.165, 1.54) is 5.56 Å². The Balaban J connectivity index is 2.37. The number of carbonyl (C=O) groups excluding carboxylic acids is 1. The lowest BCUT2D eigenvalue weighted by Crippen LogP contribution is -2.24. The molecule has 0 aliphatic heterocycles. The van der Waals surface area contributed by atoms with E-state index in [1.807, 2.05) is 31.2 Å². The number of amides is 1. The van der Waals surface area contributed by atoms with E-state index in [0.29, 0.717) is 0 Å². The van der Waals surface area contributed by atoms with Crippen LogP contribution in [0.3, 0.4) is 0 Å². The van der Waals surface area contributed by atoms with Crippen molar-refractivity contribution in [2.45, 2.75) is 19.8 Å². The number of hydrogen-bond acceptors (Lipinski definition) is 1. The summed E-state index contributed by atoms with van der Waals surface area (Å²) < 4.78 is 1.15. The molecule has 0 bridgehead atoms. The molecule has 0 spiro atoms. The van der Waals surface area contributed by atoms with E-state index in [2.05, 4.69) is 27.9 Å². The highest BCUT2D eigenvalue weighted by Gasteiger charge is 2.02. The Bertz CT molecular complexity index is 308. The van der Waals surface area contributed by atoms with Gasteiger partial charge in [0.05, 0.1) is 0 Å². The zero-order valence-electron chi connectivity index (χ0n) is 8.92. The first-order chi connectivity index (χ1) is 7.24. The van der Waals surface area contributed by atoms with Gasteiger partial charge in [0, 0.05) is 12.1 Å². The SMILES string of the molecule is Cc1ccc(C(=O)NCCCCI)cc1. The van der Waals surface area contributed by atoms with Crippen molar-refractivity contribution >= 4 is 28.5 Å². The standard InChI is InChI=1S/C12H16INO/c1-10-4-6-11(7-5-10)12(15)14-9-3-2-8-13/h4-7H,2-3,8-9H2,1H3,(H,14,15). The predicted molar refractivity (Wildman–Crippen MR) is 71.6 cm³/mol. The van der Waals surface area contributed by atoms with Crippen molar-refractivity contribution in [3.8, 4) is 0 Å². The van der Waals surface area contributed by atoms with Gasteiger partial charge in [0.15, 0.2) is 0 Å². The first-order valence-corrected chi connectivity index (χ1v) is 6.67. The molecule has 3 heteroatoms. The fourth-order valence-electron chi connectivity index (χ4n) is 1.23. The highest BCUT2D eigenvalue weighted by molar-refractivity contribution is 14.1. The molecule has 1 rings (SSSR count). The van der Waals surface area contributed by atoms with E-state index in [9.17, 15) is 4.79 Å². The molecule has 0 radical (unpaired) electrons. The van der Waals surface area contributed by atoms with Crippen LogP contribution in [0.5, 0.6) is 0 Å². The summed E-state index contributed by atoms with van der Waals surface area (Å²) in [6, 6.07) is 7.64. The molecule has 15 heavy (non-hydrogen) atoms. The maximum atomic E-state index is 11.6. The van der Waals surface area contributed by atoms with Gasteiger partial charge >= 0.3 is 0 Å². The first kappa shape index (κ1) is 12.5. The second-order valence-corrected chi connectivity index (χ2v) is 4.60. The summed E-state index contributed by atoms with van der Waals surface area (Å²) in [5, 5.41) is 2.91. The summed E-state index contributed by atoms with van der Waals surface area (Å²) in [6.45, 7) is 2.79. The summed E-state index contributed by atoms with van der Waals surface area (Å²) in [6.07, 6.45) is 2.22. The summed E-state index contributed by atoms with van der Waals surface area (Å²) in [7, 11) is 0. The number of aryl methyl sites for hydroxylation is 1. The van der Waals surface area contributed by atoms with E-state index in [4.69, 9.17) is 0 Å². The van der Waals surface area contributed by atoms with Gasteiger partial charge in [-0.15, -0.1) is 0 Å². The van der Waals surface area contributed by atoms with Gasteiger partial charge < -0.3 is 5.32 Å². The first-order valence-electron chi connectivity index (χ1n) is 5.15. The van der Waals surface area contributed by atoms with Crippen molar-refractivity contribution in [2.24, 2.45) is 0 Å². The van der Waals surface area contributed by atoms with Crippen LogP contribution in [-0.2, 0) is 0 Å². The number of alkyl halides is 1. The Morgan fingerprint density at radius 1 is 1.27 bits per heavy atom. The molecule has 82 valence electrons. The van der Waals surface area contributed by atoms with Gasteiger partial charge in [-0.3, -0.25) is 4.79 Å². The lowest BCUT2D eigenvalue weighted by Gasteiger charge is -2.04. The maximum absolute atomic E-state index is 11.6. The molecule has 1 aromatic rings. The minimum Gasteiger partial charge on any atom is -0.352 e. The summed E-state index contributed by atoms with van der Waals surface area (Å²) >= 11 is 2.35. The number of carbonyl (C=O) groups is 1. The van der Waals surface area contributed by atoms with Crippen LogP contribution < -0.4 is 5.32 Å². The number of hydrogen-bond donors (Lipinski definition) is 1. The van der Waals surface area contributed by atoms with Crippen LogP contribution in [0.15, 0.2) is 24.3 Å². The van der Waals surface area contributed by atoms with Crippen LogP contribution in [-0.4, -0.2) is 16.9 Å². The predicted octanol–water partition coefficient (Wildman–Crippen LogP) is 2.94. The van der Waals surface area contributed by atoms with Crippen molar-refractivity contribution in [3.05, 3.63) is 35.4 Å². The fraction of sp³-hybridized carbons (Fsp3) is 0.417. The van der Waals surface area contributed by atoms with Crippen molar-refractivity contribution in [1.29, 1.82) is 0 Å². The molecule has 0 aliphatic rings. The molecule has 0 unspecified atom stereocenters. The highest BCUT2D eigenvalue weighted by atomic mass is 127. The average molecular weight is 317 g/mol. The zero-order chi connectivity index (χ0) is 11.1. The zero-order valence-corrected chi connectivity index (χ0v) is 11.1. The van der Waals surface area contributed by atoms with Gasteiger partial charge in [-0.1, -0.05) is 40.3 Å². The number of rotatable bonds is 5. The van der Waals surface area contributed by atoms with Gasteiger partial charge in [-0.05, 0) is 36.3 Å². The van der Waals surface area contributed by atoms with Crippen LogP contribution in [0.25, 0.3) is 0 Å². The fourth-order valence-corrected chi connectivity index (χ4v) is 1.77. The highest BCUT2D eigenvalue weighted by Crippen LogP contribution is 2.02. The lowest BCUT2D eigenvalue weighted by atomic mass is 10.1. The molecule has 0 saturated heterocycles. The second kappa shape index (κ2) is 6.82. The molecule has 1 amide bonds. The van der Waals surface area contributed by atoms with Crippen LogP contribution in [0.1, 0.15) is 28.8 Å². The summed E-state index contributed by atoms with van der Waals surface area (Å²) in [4.78, 5) is 11.6. The largest absolute Gasteiger partial charge is 0.352 e. The molecule has 2 nitrogen and oxygen atoms in total. The van der Waals surface area contributed by atoms with Crippen LogP contribution in [0.4, 0.5) is 0 Å². The Labute approximate surface area is 105 Å². The Morgan fingerprint density at radius 3 is 2.53 bits per heavy atom. The van der Waals surface area contributed by atoms with Gasteiger partial charge in [0.1, 0.15) is 0 Å². The van der Waals surface area contributed by atoms with Gasteiger partial charge in [-0.25, -0.2) is 0 Å². The molecule has 0 aliphatic carbocycles. The van der Waals surface area contributed by atoms with Crippen LogP contribution >= 0.6 is 22.6 Å². The normalized spacial score (nSPS) is 10.0. The number of unbranched alkanes of at least 4 members (excludes halogenated alkanes) is 1. The van der Waals surface area contributed by atoms with Crippen LogP contribution in [0, 0.1) is 6.92 Å². The van der Waals surface area contributed by atoms with E-state index in [-0.39, 0.29) is 5.91 Å². The van der Waals surface area contributed by atoms with E-state index in [0.717, 1.165) is 29.4 Å². The smallest absolute Gasteiger partial charge is 0.251 e. The van der Waals surface area contributed by atoms with Gasteiger partial charge in [0.25, 0.3) is 5.91 Å². The third-order valence-corrected chi connectivity index (χ3v) is 2.92.